The average molecular weight is 488 g/mol. The van der Waals surface area contributed by atoms with Gasteiger partial charge in [-0.05, 0) is 66.6 Å². The Morgan fingerprint density at radius 3 is 2.58 bits per heavy atom. The maximum Gasteiger partial charge on any atom is 0.254 e. The van der Waals surface area contributed by atoms with Crippen LogP contribution in [0.2, 0.25) is 0 Å². The number of carbonyl (C=O) groups is 2. The van der Waals surface area contributed by atoms with Crippen LogP contribution in [-0.2, 0) is 18.3 Å². The fourth-order valence-corrected chi connectivity index (χ4v) is 4.98. The third kappa shape index (κ3) is 5.17. The molecule has 5 rings (SSSR count). The first-order chi connectivity index (χ1) is 17.5. The fraction of sp³-hybridized carbons (Fsp3) is 0.321. The first kappa shape index (κ1) is 23.8. The van der Waals surface area contributed by atoms with Gasteiger partial charge in [-0.2, -0.15) is 5.10 Å². The summed E-state index contributed by atoms with van der Waals surface area (Å²) in [5, 5.41) is 8.11. The van der Waals surface area contributed by atoms with E-state index in [2.05, 4.69) is 21.5 Å². The van der Waals surface area contributed by atoms with Crippen LogP contribution in [0, 0.1) is 11.7 Å². The average Bonchev–Trinajstić information content (AvgIpc) is 3.50. The number of H-pyrrole nitrogens is 1. The van der Waals surface area contributed by atoms with E-state index in [0.717, 1.165) is 40.6 Å². The molecule has 1 saturated heterocycles. The molecule has 3 heterocycles. The lowest BCUT2D eigenvalue weighted by molar-refractivity contribution is -0.132. The molecule has 7 nitrogen and oxygen atoms in total. The Hall–Kier alpha value is -3.94. The van der Waals surface area contributed by atoms with Crippen molar-refractivity contribution >= 4 is 22.7 Å². The minimum Gasteiger partial charge on any atom is -0.354 e. The zero-order valence-electron chi connectivity index (χ0n) is 20.3. The molecule has 4 aromatic rings. The predicted octanol–water partition coefficient (Wildman–Crippen LogP) is 4.31. The summed E-state index contributed by atoms with van der Waals surface area (Å²) in [5.41, 5.74) is 4.49. The molecule has 0 saturated carbocycles. The minimum atomic E-state index is -0.272. The number of para-hydroxylation sites is 1. The maximum atomic E-state index is 13.5. The van der Waals surface area contributed by atoms with Gasteiger partial charge in [-0.15, -0.1) is 0 Å². The number of hydrogen-bond acceptors (Lipinski definition) is 3. The van der Waals surface area contributed by atoms with E-state index in [1.807, 2.05) is 23.1 Å². The van der Waals surface area contributed by atoms with E-state index in [0.29, 0.717) is 44.0 Å². The van der Waals surface area contributed by atoms with Gasteiger partial charge < -0.3 is 15.2 Å². The van der Waals surface area contributed by atoms with Crippen LogP contribution in [-0.4, -0.2) is 51.1 Å². The lowest BCUT2D eigenvalue weighted by Crippen LogP contribution is -2.41. The second kappa shape index (κ2) is 10.4. The lowest BCUT2D eigenvalue weighted by Gasteiger charge is -2.32. The molecule has 0 unspecified atom stereocenters. The van der Waals surface area contributed by atoms with Gasteiger partial charge in [-0.1, -0.05) is 18.2 Å². The molecule has 2 amide bonds. The summed E-state index contributed by atoms with van der Waals surface area (Å²) in [6.45, 7) is 2.00. The zero-order valence-corrected chi connectivity index (χ0v) is 20.3. The number of rotatable bonds is 7. The van der Waals surface area contributed by atoms with E-state index in [1.165, 1.54) is 12.1 Å². The van der Waals surface area contributed by atoms with Crippen molar-refractivity contribution in [3.63, 3.8) is 0 Å². The number of hydrogen-bond donors (Lipinski definition) is 2. The second-order valence-electron chi connectivity index (χ2n) is 9.47. The normalized spacial score (nSPS) is 14.3. The molecule has 0 radical (unpaired) electrons. The van der Waals surface area contributed by atoms with Crippen LogP contribution in [0.3, 0.4) is 0 Å². The fourth-order valence-electron chi connectivity index (χ4n) is 4.98. The van der Waals surface area contributed by atoms with Crippen molar-refractivity contribution in [3.05, 3.63) is 77.9 Å². The highest BCUT2D eigenvalue weighted by Gasteiger charge is 2.24. The van der Waals surface area contributed by atoms with Crippen molar-refractivity contribution < 1.29 is 14.0 Å². The Kier molecular flexibility index (Phi) is 6.84. The van der Waals surface area contributed by atoms with Crippen molar-refractivity contribution in [3.8, 4) is 11.3 Å². The Morgan fingerprint density at radius 2 is 1.86 bits per heavy atom. The van der Waals surface area contributed by atoms with Crippen molar-refractivity contribution in [2.75, 3.05) is 19.6 Å². The van der Waals surface area contributed by atoms with Crippen molar-refractivity contribution in [1.29, 1.82) is 0 Å². The second-order valence-corrected chi connectivity index (χ2v) is 9.47. The molecular weight excluding hydrogens is 457 g/mol. The smallest absolute Gasteiger partial charge is 0.254 e. The van der Waals surface area contributed by atoms with Crippen LogP contribution in [0.4, 0.5) is 4.39 Å². The molecule has 2 N–H and O–H groups in total. The van der Waals surface area contributed by atoms with E-state index >= 15 is 0 Å². The molecule has 8 heteroatoms. The van der Waals surface area contributed by atoms with Gasteiger partial charge in [-0.25, -0.2) is 4.39 Å². The van der Waals surface area contributed by atoms with Gasteiger partial charge in [0.2, 0.25) is 5.91 Å². The van der Waals surface area contributed by atoms with Gasteiger partial charge in [0.1, 0.15) is 5.82 Å². The molecule has 2 aromatic heterocycles. The Bertz CT molecular complexity index is 1370. The molecule has 1 fully saturated rings. The molecular formula is C28H30FN5O2. The largest absolute Gasteiger partial charge is 0.354 e. The Labute approximate surface area is 209 Å². The molecule has 0 bridgehead atoms. The summed E-state index contributed by atoms with van der Waals surface area (Å²) in [7, 11) is 1.78. The van der Waals surface area contributed by atoms with Gasteiger partial charge in [0, 0.05) is 55.9 Å². The molecule has 0 spiro atoms. The van der Waals surface area contributed by atoms with Crippen LogP contribution in [0.25, 0.3) is 22.2 Å². The molecule has 1 aliphatic heterocycles. The van der Waals surface area contributed by atoms with Crippen molar-refractivity contribution in [2.24, 2.45) is 13.0 Å². The number of aromatic nitrogens is 3. The Balaban J connectivity index is 1.17. The van der Waals surface area contributed by atoms with Crippen LogP contribution >= 0.6 is 0 Å². The van der Waals surface area contributed by atoms with Gasteiger partial charge >= 0.3 is 0 Å². The number of nitrogens with zero attached hydrogens (tertiary/aromatic N) is 3. The van der Waals surface area contributed by atoms with Crippen molar-refractivity contribution in [2.45, 2.75) is 25.7 Å². The molecule has 2 aromatic carbocycles. The minimum absolute atomic E-state index is 0.114. The number of fused-ring (bicyclic) bond motifs is 1. The maximum absolute atomic E-state index is 13.5. The Morgan fingerprint density at radius 1 is 1.11 bits per heavy atom. The van der Waals surface area contributed by atoms with E-state index in [4.69, 9.17) is 0 Å². The standard InChI is InChI=1S/C28H30FN5O2/c1-33-18-21(17-31-33)28(36)30-16-19-12-14-34(15-13-19)26(35)11-10-24-23-4-2-3-5-25(23)32-27(24)20-6-8-22(29)9-7-20/h2-9,17-19,32H,10-16H2,1H3,(H,30,36). The first-order valence-electron chi connectivity index (χ1n) is 12.4. The number of aryl methyl sites for hydroxylation is 2. The van der Waals surface area contributed by atoms with Crippen LogP contribution in [0.1, 0.15) is 35.2 Å². The highest BCUT2D eigenvalue weighted by atomic mass is 19.1. The number of halogens is 1. The van der Waals surface area contributed by atoms with E-state index in [9.17, 15) is 14.0 Å². The molecule has 0 atom stereocenters. The van der Waals surface area contributed by atoms with Crippen molar-refractivity contribution in [1.82, 2.24) is 25.0 Å². The number of aromatic amines is 1. The number of likely N-dealkylation sites (tertiary alicyclic amines) is 1. The molecule has 36 heavy (non-hydrogen) atoms. The third-order valence-corrected chi connectivity index (χ3v) is 7.02. The van der Waals surface area contributed by atoms with Crippen LogP contribution in [0.15, 0.2) is 60.9 Å². The summed E-state index contributed by atoms with van der Waals surface area (Å²) < 4.78 is 15.1. The zero-order chi connectivity index (χ0) is 25.1. The highest BCUT2D eigenvalue weighted by molar-refractivity contribution is 5.93. The summed E-state index contributed by atoms with van der Waals surface area (Å²) >= 11 is 0. The summed E-state index contributed by atoms with van der Waals surface area (Å²) in [5.74, 6) is 0.112. The van der Waals surface area contributed by atoms with Gasteiger partial charge in [0.05, 0.1) is 11.8 Å². The number of benzene rings is 2. The number of nitrogens with one attached hydrogen (secondary N) is 2. The quantitative estimate of drug-likeness (QED) is 0.408. The summed E-state index contributed by atoms with van der Waals surface area (Å²) in [6.07, 6.45) is 6.02. The molecule has 0 aliphatic carbocycles. The third-order valence-electron chi connectivity index (χ3n) is 7.02. The van der Waals surface area contributed by atoms with Gasteiger partial charge in [0.25, 0.3) is 5.91 Å². The first-order valence-corrected chi connectivity index (χ1v) is 12.4. The predicted molar refractivity (Wildman–Crippen MR) is 137 cm³/mol. The number of amides is 2. The summed E-state index contributed by atoms with van der Waals surface area (Å²) in [6, 6.07) is 14.5. The number of carbonyl (C=O) groups excluding carboxylic acids is 2. The number of piperidine rings is 1. The lowest BCUT2D eigenvalue weighted by atomic mass is 9.96. The van der Waals surface area contributed by atoms with Crippen LogP contribution < -0.4 is 5.32 Å². The van der Waals surface area contributed by atoms with Gasteiger partial charge in [0.15, 0.2) is 0 Å². The topological polar surface area (TPSA) is 83.0 Å². The monoisotopic (exact) mass is 487 g/mol. The highest BCUT2D eigenvalue weighted by Crippen LogP contribution is 2.32. The summed E-state index contributed by atoms with van der Waals surface area (Å²) in [4.78, 5) is 30.7. The van der Waals surface area contributed by atoms with Crippen LogP contribution in [0.5, 0.6) is 0 Å². The SMILES string of the molecule is Cn1cc(C(=O)NCC2CCN(C(=O)CCc3c(-c4ccc(F)cc4)[nH]c4ccccc34)CC2)cn1. The van der Waals surface area contributed by atoms with E-state index in [-0.39, 0.29) is 17.6 Å². The molecule has 186 valence electrons. The van der Waals surface area contributed by atoms with Gasteiger partial charge in [-0.3, -0.25) is 14.3 Å². The van der Waals surface area contributed by atoms with E-state index < -0.39 is 0 Å². The van der Waals surface area contributed by atoms with E-state index in [1.54, 1.807) is 36.3 Å². The molecule has 1 aliphatic rings.